The molecule has 8 heteroatoms. The molecule has 7 nitrogen and oxygen atoms in total. The SMILES string of the molecule is C=CCOC(=O)c1sc(N2C(=O)c3oc4cc(C)c(C)cc4c(=O)c3C2c2ccc(C(C)(C)C)cc2)nc1C. The number of thiazole rings is 1. The Kier molecular flexibility index (Phi) is 6.55. The lowest BCUT2D eigenvalue weighted by molar-refractivity contribution is 0.0554. The van der Waals surface area contributed by atoms with Gasteiger partial charge in [-0.15, -0.1) is 0 Å². The number of fused-ring (bicyclic) bond motifs is 2. The summed E-state index contributed by atoms with van der Waals surface area (Å²) >= 11 is 1.05. The highest BCUT2D eigenvalue weighted by atomic mass is 32.1. The average Bonchev–Trinajstić information content (AvgIpc) is 3.40. The van der Waals surface area contributed by atoms with Gasteiger partial charge in [0.2, 0.25) is 5.76 Å². The van der Waals surface area contributed by atoms with Crippen LogP contribution in [0.2, 0.25) is 0 Å². The smallest absolute Gasteiger partial charge is 0.350 e. The molecule has 0 saturated heterocycles. The summed E-state index contributed by atoms with van der Waals surface area (Å²) in [5.41, 5.74) is 4.52. The van der Waals surface area contributed by atoms with Gasteiger partial charge in [-0.1, -0.05) is 69.0 Å². The molecule has 1 aliphatic heterocycles. The van der Waals surface area contributed by atoms with E-state index in [0.29, 0.717) is 16.7 Å². The number of amides is 1. The lowest BCUT2D eigenvalue weighted by Crippen LogP contribution is -2.29. The molecule has 0 radical (unpaired) electrons. The number of benzene rings is 2. The maximum absolute atomic E-state index is 14.0. The highest BCUT2D eigenvalue weighted by molar-refractivity contribution is 7.17. The van der Waals surface area contributed by atoms with Crippen LogP contribution >= 0.6 is 11.3 Å². The van der Waals surface area contributed by atoms with E-state index in [1.165, 1.54) is 11.0 Å². The predicted octanol–water partition coefficient (Wildman–Crippen LogP) is 6.56. The lowest BCUT2D eigenvalue weighted by atomic mass is 9.86. The molecule has 5 rings (SSSR count). The zero-order valence-electron chi connectivity index (χ0n) is 22.9. The number of anilines is 1. The van der Waals surface area contributed by atoms with Crippen LogP contribution in [0.5, 0.6) is 0 Å². The fourth-order valence-corrected chi connectivity index (χ4v) is 5.77. The average molecular weight is 543 g/mol. The fourth-order valence-electron chi connectivity index (χ4n) is 4.78. The van der Waals surface area contributed by atoms with Crippen molar-refractivity contribution in [2.24, 2.45) is 0 Å². The van der Waals surface area contributed by atoms with Crippen LogP contribution in [0.15, 0.2) is 58.3 Å². The van der Waals surface area contributed by atoms with Crippen molar-refractivity contribution in [3.8, 4) is 0 Å². The zero-order chi connectivity index (χ0) is 28.2. The predicted molar refractivity (Wildman–Crippen MR) is 153 cm³/mol. The molecule has 1 unspecified atom stereocenters. The summed E-state index contributed by atoms with van der Waals surface area (Å²) < 4.78 is 11.3. The van der Waals surface area contributed by atoms with Crippen LogP contribution in [-0.2, 0) is 10.2 Å². The van der Waals surface area contributed by atoms with Gasteiger partial charge in [-0.25, -0.2) is 9.78 Å². The van der Waals surface area contributed by atoms with E-state index in [2.05, 4.69) is 32.3 Å². The number of nitrogens with zero attached hydrogens (tertiary/aromatic N) is 2. The first-order valence-electron chi connectivity index (χ1n) is 12.7. The first kappa shape index (κ1) is 26.6. The van der Waals surface area contributed by atoms with Crippen LogP contribution in [-0.4, -0.2) is 23.5 Å². The number of hydrogen-bond acceptors (Lipinski definition) is 7. The highest BCUT2D eigenvalue weighted by Crippen LogP contribution is 2.43. The van der Waals surface area contributed by atoms with Crippen LogP contribution in [0, 0.1) is 20.8 Å². The molecule has 0 aliphatic carbocycles. The van der Waals surface area contributed by atoms with Gasteiger partial charge in [0.1, 0.15) is 17.1 Å². The maximum Gasteiger partial charge on any atom is 0.350 e. The van der Waals surface area contributed by atoms with Crippen molar-refractivity contribution < 1.29 is 18.7 Å². The van der Waals surface area contributed by atoms with Gasteiger partial charge in [0.15, 0.2) is 10.6 Å². The summed E-state index contributed by atoms with van der Waals surface area (Å²) in [6, 6.07) is 10.7. The summed E-state index contributed by atoms with van der Waals surface area (Å²) in [5.74, 6) is -1.03. The normalized spacial score (nSPS) is 15.1. The Hall–Kier alpha value is -4.04. The molecule has 2 aromatic heterocycles. The summed E-state index contributed by atoms with van der Waals surface area (Å²) in [6.07, 6.45) is 1.48. The molecule has 0 fully saturated rings. The van der Waals surface area contributed by atoms with E-state index < -0.39 is 17.9 Å². The van der Waals surface area contributed by atoms with Gasteiger partial charge in [0.05, 0.1) is 22.7 Å². The van der Waals surface area contributed by atoms with E-state index in [1.54, 1.807) is 13.0 Å². The Balaban J connectivity index is 1.73. The fraction of sp³-hybridized carbons (Fsp3) is 0.290. The number of rotatable bonds is 5. The quantitative estimate of drug-likeness (QED) is 0.209. The molecule has 1 amide bonds. The zero-order valence-corrected chi connectivity index (χ0v) is 23.7. The van der Waals surface area contributed by atoms with Crippen LogP contribution in [0.25, 0.3) is 11.0 Å². The van der Waals surface area contributed by atoms with Crippen LogP contribution in [0.1, 0.15) is 80.6 Å². The largest absolute Gasteiger partial charge is 0.457 e. The second-order valence-electron chi connectivity index (χ2n) is 10.9. The van der Waals surface area contributed by atoms with E-state index in [0.717, 1.165) is 33.6 Å². The van der Waals surface area contributed by atoms with Crippen LogP contribution in [0.3, 0.4) is 0 Å². The molecule has 39 heavy (non-hydrogen) atoms. The first-order valence-corrected chi connectivity index (χ1v) is 13.5. The van der Waals surface area contributed by atoms with Gasteiger partial charge in [-0.2, -0.15) is 0 Å². The standard InChI is InChI=1S/C31H30N2O5S/c1-8-13-37-29(36)27-18(4)32-30(39-27)33-24(19-9-11-20(12-10-19)31(5,6)7)23-25(34)21-14-16(2)17(3)15-22(21)38-26(23)28(33)35/h8-12,14-15,24H,1,13H2,2-7H3. The summed E-state index contributed by atoms with van der Waals surface area (Å²) in [5, 5.41) is 0.710. The van der Waals surface area contributed by atoms with E-state index in [-0.39, 0.29) is 38.8 Å². The number of hydrogen-bond donors (Lipinski definition) is 0. The van der Waals surface area contributed by atoms with Gasteiger partial charge in [0, 0.05) is 0 Å². The van der Waals surface area contributed by atoms with Crippen molar-refractivity contribution in [1.29, 1.82) is 0 Å². The monoisotopic (exact) mass is 542 g/mol. The van der Waals surface area contributed by atoms with Crippen molar-refractivity contribution >= 4 is 39.3 Å². The van der Waals surface area contributed by atoms with Crippen molar-refractivity contribution in [3.05, 3.63) is 103 Å². The van der Waals surface area contributed by atoms with E-state index >= 15 is 0 Å². The molecular weight excluding hydrogens is 512 g/mol. The molecule has 2 aromatic carbocycles. The molecule has 0 N–H and O–H groups in total. The van der Waals surface area contributed by atoms with Gasteiger partial charge in [0.25, 0.3) is 5.91 Å². The third kappa shape index (κ3) is 4.48. The molecule has 1 aliphatic rings. The minimum atomic E-state index is -0.772. The van der Waals surface area contributed by atoms with E-state index in [1.807, 2.05) is 44.2 Å². The Morgan fingerprint density at radius 1 is 1.13 bits per heavy atom. The van der Waals surface area contributed by atoms with E-state index in [4.69, 9.17) is 9.15 Å². The van der Waals surface area contributed by atoms with E-state index in [9.17, 15) is 14.4 Å². The molecule has 1 atom stereocenters. The molecule has 0 bridgehead atoms. The van der Waals surface area contributed by atoms with Crippen molar-refractivity contribution in [2.45, 2.75) is 53.0 Å². The van der Waals surface area contributed by atoms with Crippen LogP contribution < -0.4 is 10.3 Å². The minimum absolute atomic E-state index is 0.00992. The third-order valence-corrected chi connectivity index (χ3v) is 8.22. The Bertz CT molecular complexity index is 1710. The number of aromatic nitrogens is 1. The molecule has 3 heterocycles. The van der Waals surface area contributed by atoms with Crippen molar-refractivity contribution in [1.82, 2.24) is 4.98 Å². The molecule has 200 valence electrons. The Labute approximate surface area is 230 Å². The first-order chi connectivity index (χ1) is 18.4. The Morgan fingerprint density at radius 2 is 1.79 bits per heavy atom. The lowest BCUT2D eigenvalue weighted by Gasteiger charge is -2.24. The summed E-state index contributed by atoms with van der Waals surface area (Å²) in [6.45, 7) is 15.6. The third-order valence-electron chi connectivity index (χ3n) is 7.09. The second kappa shape index (κ2) is 9.61. The van der Waals surface area contributed by atoms with Crippen molar-refractivity contribution in [2.75, 3.05) is 11.5 Å². The summed E-state index contributed by atoms with van der Waals surface area (Å²) in [7, 11) is 0. The number of carbonyl (C=O) groups is 2. The Morgan fingerprint density at radius 3 is 2.44 bits per heavy atom. The topological polar surface area (TPSA) is 89.7 Å². The van der Waals surface area contributed by atoms with Crippen LogP contribution in [0.4, 0.5) is 5.13 Å². The highest BCUT2D eigenvalue weighted by Gasteiger charge is 2.45. The van der Waals surface area contributed by atoms with Gasteiger partial charge in [-0.3, -0.25) is 14.5 Å². The number of ether oxygens (including phenoxy) is 1. The van der Waals surface area contributed by atoms with Crippen molar-refractivity contribution in [3.63, 3.8) is 0 Å². The molecular formula is C31H30N2O5S. The second-order valence-corrected chi connectivity index (χ2v) is 11.8. The minimum Gasteiger partial charge on any atom is -0.457 e. The summed E-state index contributed by atoms with van der Waals surface area (Å²) in [4.78, 5) is 46.9. The molecule has 0 spiro atoms. The van der Waals surface area contributed by atoms with Gasteiger partial charge < -0.3 is 9.15 Å². The molecule has 0 saturated carbocycles. The number of aryl methyl sites for hydroxylation is 3. The maximum atomic E-state index is 14.0. The number of carbonyl (C=O) groups excluding carboxylic acids is 2. The number of esters is 1. The van der Waals surface area contributed by atoms with Gasteiger partial charge in [-0.05, 0) is 60.6 Å². The molecule has 4 aromatic rings. The van der Waals surface area contributed by atoms with Gasteiger partial charge >= 0.3 is 5.97 Å².